The zero-order chi connectivity index (χ0) is 18.1. The fourth-order valence-corrected chi connectivity index (χ4v) is 3.66. The predicted molar refractivity (Wildman–Crippen MR) is 101 cm³/mol. The molecule has 4 aromatic rings. The highest BCUT2D eigenvalue weighted by Crippen LogP contribution is 2.19. The van der Waals surface area contributed by atoms with E-state index in [-0.39, 0.29) is 10.5 Å². The van der Waals surface area contributed by atoms with E-state index in [9.17, 15) is 14.9 Å². The first kappa shape index (κ1) is 15.9. The monoisotopic (exact) mass is 357 g/mol. The molecule has 0 atom stereocenters. The average molecular weight is 357 g/mol. The van der Waals surface area contributed by atoms with E-state index in [1.54, 1.807) is 18.2 Å². The summed E-state index contributed by atoms with van der Waals surface area (Å²) in [6, 6.07) is 20.3. The molecule has 4 rings (SSSR count). The molecular formula is C20H11N3O2S. The summed E-state index contributed by atoms with van der Waals surface area (Å²) in [6.07, 6.45) is 1.72. The van der Waals surface area contributed by atoms with Crippen molar-refractivity contribution in [2.45, 2.75) is 0 Å². The van der Waals surface area contributed by atoms with Crippen molar-refractivity contribution in [3.8, 4) is 17.3 Å². The number of thiazole rings is 1. The molecule has 0 bridgehead atoms. The largest absolute Gasteiger partial charge is 0.280 e. The summed E-state index contributed by atoms with van der Waals surface area (Å²) in [5.74, 6) is 0. The molecule has 0 saturated carbocycles. The van der Waals surface area contributed by atoms with Crippen molar-refractivity contribution in [1.29, 1.82) is 5.26 Å². The van der Waals surface area contributed by atoms with Crippen LogP contribution in [0.2, 0.25) is 0 Å². The molecule has 0 saturated heterocycles. The molecule has 0 aliphatic rings. The van der Waals surface area contributed by atoms with Gasteiger partial charge in [0.05, 0.1) is 10.2 Å². The van der Waals surface area contributed by atoms with Crippen LogP contribution in [-0.4, -0.2) is 9.38 Å². The smallest absolute Gasteiger partial charge is 0.267 e. The Morgan fingerprint density at radius 1 is 0.962 bits per heavy atom. The summed E-state index contributed by atoms with van der Waals surface area (Å²) in [4.78, 5) is 30.1. The highest BCUT2D eigenvalue weighted by Gasteiger charge is 2.17. The average Bonchev–Trinajstić information content (AvgIpc) is 2.99. The van der Waals surface area contributed by atoms with E-state index in [1.807, 2.05) is 54.6 Å². The maximum Gasteiger partial charge on any atom is 0.280 e. The number of benzene rings is 2. The van der Waals surface area contributed by atoms with Crippen LogP contribution in [0.4, 0.5) is 0 Å². The number of nitriles is 1. The van der Waals surface area contributed by atoms with E-state index < -0.39 is 11.1 Å². The van der Waals surface area contributed by atoms with E-state index in [4.69, 9.17) is 0 Å². The van der Waals surface area contributed by atoms with Crippen LogP contribution in [0, 0.1) is 11.3 Å². The Balaban J connectivity index is 2.06. The van der Waals surface area contributed by atoms with Gasteiger partial charge in [-0.05, 0) is 11.6 Å². The van der Waals surface area contributed by atoms with Crippen LogP contribution in [0.25, 0.3) is 22.3 Å². The third kappa shape index (κ3) is 2.61. The highest BCUT2D eigenvalue weighted by atomic mass is 32.1. The number of rotatable bonds is 2. The Bertz CT molecular complexity index is 1320. The third-order valence-electron chi connectivity index (χ3n) is 3.92. The van der Waals surface area contributed by atoms with Gasteiger partial charge in [0.1, 0.15) is 11.6 Å². The van der Waals surface area contributed by atoms with Gasteiger partial charge >= 0.3 is 0 Å². The molecule has 124 valence electrons. The zero-order valence-corrected chi connectivity index (χ0v) is 14.2. The molecular weight excluding hydrogens is 346 g/mol. The molecule has 0 amide bonds. The molecule has 5 nitrogen and oxygen atoms in total. The Kier molecular flexibility index (Phi) is 3.92. The number of fused-ring (bicyclic) bond motifs is 1. The fourth-order valence-electron chi connectivity index (χ4n) is 2.70. The fraction of sp³-hybridized carbons (Fsp3) is 0. The molecule has 0 aliphatic carbocycles. The quantitative estimate of drug-likeness (QED) is 0.551. The van der Waals surface area contributed by atoms with E-state index in [1.165, 1.54) is 0 Å². The zero-order valence-electron chi connectivity index (χ0n) is 13.4. The first-order valence-corrected chi connectivity index (χ1v) is 8.62. The van der Waals surface area contributed by atoms with Crippen molar-refractivity contribution in [3.63, 3.8) is 0 Å². The van der Waals surface area contributed by atoms with Crippen LogP contribution in [0.15, 0.2) is 70.3 Å². The van der Waals surface area contributed by atoms with Crippen molar-refractivity contribution < 1.29 is 0 Å². The lowest BCUT2D eigenvalue weighted by Gasteiger charge is -2.02. The van der Waals surface area contributed by atoms with Gasteiger partial charge in [0.2, 0.25) is 4.96 Å². The minimum Gasteiger partial charge on any atom is -0.267 e. The molecule has 6 heteroatoms. The third-order valence-corrected chi connectivity index (χ3v) is 4.89. The van der Waals surface area contributed by atoms with Crippen LogP contribution in [-0.2, 0) is 0 Å². The van der Waals surface area contributed by atoms with Gasteiger partial charge in [-0.1, -0.05) is 72.0 Å². The van der Waals surface area contributed by atoms with Gasteiger partial charge in [0.15, 0.2) is 0 Å². The van der Waals surface area contributed by atoms with Gasteiger partial charge in [0, 0.05) is 5.56 Å². The number of nitrogens with zero attached hydrogens (tertiary/aromatic N) is 3. The Labute approximate surface area is 151 Å². The van der Waals surface area contributed by atoms with Gasteiger partial charge < -0.3 is 0 Å². The molecule has 0 N–H and O–H groups in total. The van der Waals surface area contributed by atoms with Crippen molar-refractivity contribution in [2.75, 3.05) is 0 Å². The van der Waals surface area contributed by atoms with Crippen LogP contribution in [0.1, 0.15) is 11.1 Å². The lowest BCUT2D eigenvalue weighted by molar-refractivity contribution is 1.02. The first-order chi connectivity index (χ1) is 12.7. The maximum atomic E-state index is 12.7. The normalized spacial score (nSPS) is 11.6. The van der Waals surface area contributed by atoms with E-state index in [2.05, 4.69) is 4.98 Å². The summed E-state index contributed by atoms with van der Waals surface area (Å²) in [7, 11) is 0. The van der Waals surface area contributed by atoms with Crippen molar-refractivity contribution in [3.05, 3.63) is 97.0 Å². The molecule has 0 radical (unpaired) electrons. The Morgan fingerprint density at radius 3 is 2.27 bits per heavy atom. The van der Waals surface area contributed by atoms with Crippen LogP contribution in [0.5, 0.6) is 0 Å². The van der Waals surface area contributed by atoms with Crippen molar-refractivity contribution in [1.82, 2.24) is 9.38 Å². The van der Waals surface area contributed by atoms with Crippen molar-refractivity contribution >= 4 is 22.4 Å². The standard InChI is InChI=1S/C20H11N3O2S/c21-12-15-17(14-9-5-2-6-10-14)22-20-23(18(15)24)19(25)16(26-20)11-13-7-3-1-4-8-13/h1-11H/b16-11+. The second-order valence-electron chi connectivity index (χ2n) is 5.56. The summed E-state index contributed by atoms with van der Waals surface area (Å²) in [5, 5.41) is 9.44. The van der Waals surface area contributed by atoms with Gasteiger partial charge in [-0.3, -0.25) is 9.59 Å². The molecule has 0 aliphatic heterocycles. The van der Waals surface area contributed by atoms with E-state index in [0.29, 0.717) is 15.8 Å². The highest BCUT2D eigenvalue weighted by molar-refractivity contribution is 7.15. The summed E-state index contributed by atoms with van der Waals surface area (Å²) in [6.45, 7) is 0. The van der Waals surface area contributed by atoms with Crippen LogP contribution in [0.3, 0.4) is 0 Å². The lowest BCUT2D eigenvalue weighted by Crippen LogP contribution is -2.32. The Morgan fingerprint density at radius 2 is 1.62 bits per heavy atom. The minimum atomic E-state index is -0.634. The lowest BCUT2D eigenvalue weighted by atomic mass is 10.1. The van der Waals surface area contributed by atoms with Crippen LogP contribution >= 0.6 is 11.3 Å². The molecule has 26 heavy (non-hydrogen) atoms. The minimum absolute atomic E-state index is 0.130. The van der Waals surface area contributed by atoms with Gasteiger partial charge in [0.25, 0.3) is 11.1 Å². The SMILES string of the molecule is N#Cc1c(-c2ccccc2)nc2s/c(=C/c3ccccc3)c(=O)n2c1=O. The van der Waals surface area contributed by atoms with Gasteiger partial charge in [-0.15, -0.1) is 0 Å². The maximum absolute atomic E-state index is 12.7. The number of hydrogen-bond donors (Lipinski definition) is 0. The molecule has 2 aromatic carbocycles. The van der Waals surface area contributed by atoms with E-state index in [0.717, 1.165) is 21.3 Å². The first-order valence-electron chi connectivity index (χ1n) is 7.81. The molecule has 2 heterocycles. The summed E-state index contributed by atoms with van der Waals surface area (Å²) < 4.78 is 1.37. The number of hydrogen-bond acceptors (Lipinski definition) is 5. The number of aromatic nitrogens is 2. The molecule has 2 aromatic heterocycles. The molecule has 0 unspecified atom stereocenters. The second kappa shape index (κ2) is 6.39. The summed E-state index contributed by atoms with van der Waals surface area (Å²) in [5.41, 5.74) is 0.597. The van der Waals surface area contributed by atoms with Crippen molar-refractivity contribution in [2.24, 2.45) is 0 Å². The van der Waals surface area contributed by atoms with E-state index >= 15 is 0 Å². The van der Waals surface area contributed by atoms with Gasteiger partial charge in [-0.25, -0.2) is 9.38 Å². The molecule has 0 fully saturated rings. The Hall–Kier alpha value is -3.56. The van der Waals surface area contributed by atoms with Crippen LogP contribution < -0.4 is 15.7 Å². The molecule has 0 spiro atoms. The second-order valence-corrected chi connectivity index (χ2v) is 6.57. The summed E-state index contributed by atoms with van der Waals surface area (Å²) >= 11 is 1.14. The van der Waals surface area contributed by atoms with Gasteiger partial charge in [-0.2, -0.15) is 5.26 Å². The predicted octanol–water partition coefficient (Wildman–Crippen LogP) is 2.20. The topological polar surface area (TPSA) is 75.2 Å².